The van der Waals surface area contributed by atoms with Crippen LogP contribution in [0.5, 0.6) is 0 Å². The van der Waals surface area contributed by atoms with Crippen LogP contribution in [0.25, 0.3) is 11.4 Å². The van der Waals surface area contributed by atoms with Crippen molar-refractivity contribution in [2.45, 2.75) is 45.1 Å². The van der Waals surface area contributed by atoms with Crippen LogP contribution in [0.2, 0.25) is 5.02 Å². The van der Waals surface area contributed by atoms with Crippen LogP contribution in [0.4, 0.5) is 5.69 Å². The first kappa shape index (κ1) is 18.4. The van der Waals surface area contributed by atoms with Gasteiger partial charge in [-0.3, -0.25) is 4.79 Å². The van der Waals surface area contributed by atoms with Crippen LogP contribution in [0.1, 0.15) is 47.4 Å². The zero-order valence-corrected chi connectivity index (χ0v) is 17.2. The van der Waals surface area contributed by atoms with Crippen molar-refractivity contribution in [1.29, 1.82) is 0 Å². The predicted octanol–water partition coefficient (Wildman–Crippen LogP) is 5.52. The molecule has 29 heavy (non-hydrogen) atoms. The van der Waals surface area contributed by atoms with Crippen molar-refractivity contribution in [2.24, 2.45) is 0 Å². The molecule has 1 aromatic heterocycles. The highest BCUT2D eigenvalue weighted by atomic mass is 35.5. The summed E-state index contributed by atoms with van der Waals surface area (Å²) in [6.45, 7) is 1.66. The normalized spacial score (nSPS) is 16.1. The summed E-state index contributed by atoms with van der Waals surface area (Å²) < 4.78 is 2.26. The summed E-state index contributed by atoms with van der Waals surface area (Å²) in [7, 11) is 0. The standard InChI is InChI=1S/C24H24ClN3O/c25-19-13-11-18(12-14-19)23-26-22(21-10-2-1-5-15-27(21)23)24(29)28-16-6-8-17-7-3-4-9-20(17)28/h3-4,7,9,11-14H,1-2,5-6,8,10,15-16H2. The molecule has 2 aromatic carbocycles. The number of anilines is 1. The van der Waals surface area contributed by atoms with E-state index in [0.717, 1.165) is 68.0 Å². The molecule has 2 aliphatic rings. The third-order valence-corrected chi connectivity index (χ3v) is 6.28. The van der Waals surface area contributed by atoms with Crippen LogP contribution in [-0.2, 0) is 19.4 Å². The van der Waals surface area contributed by atoms with Gasteiger partial charge in [0.15, 0.2) is 5.69 Å². The Morgan fingerprint density at radius 2 is 1.72 bits per heavy atom. The highest BCUT2D eigenvalue weighted by molar-refractivity contribution is 6.30. The van der Waals surface area contributed by atoms with Crippen molar-refractivity contribution >= 4 is 23.2 Å². The molecule has 0 aliphatic carbocycles. The van der Waals surface area contributed by atoms with Crippen molar-refractivity contribution in [3.05, 3.63) is 70.5 Å². The molecule has 0 unspecified atom stereocenters. The molecule has 3 aromatic rings. The average Bonchev–Trinajstić information content (AvgIpc) is 2.94. The predicted molar refractivity (Wildman–Crippen MR) is 117 cm³/mol. The van der Waals surface area contributed by atoms with Gasteiger partial charge in [-0.2, -0.15) is 0 Å². The Bertz CT molecular complexity index is 1050. The van der Waals surface area contributed by atoms with E-state index in [2.05, 4.69) is 16.7 Å². The van der Waals surface area contributed by atoms with E-state index in [0.29, 0.717) is 10.7 Å². The van der Waals surface area contributed by atoms with E-state index in [1.165, 1.54) is 12.0 Å². The first-order valence-corrected chi connectivity index (χ1v) is 10.9. The second-order valence-corrected chi connectivity index (χ2v) is 8.33. The maximum Gasteiger partial charge on any atom is 0.278 e. The lowest BCUT2D eigenvalue weighted by molar-refractivity contribution is 0.0979. The molecule has 0 radical (unpaired) electrons. The van der Waals surface area contributed by atoms with Gasteiger partial charge in [0.1, 0.15) is 5.82 Å². The Hall–Kier alpha value is -2.59. The van der Waals surface area contributed by atoms with Crippen molar-refractivity contribution in [1.82, 2.24) is 9.55 Å². The Kier molecular flexibility index (Phi) is 4.88. The van der Waals surface area contributed by atoms with Gasteiger partial charge in [-0.15, -0.1) is 0 Å². The quantitative estimate of drug-likeness (QED) is 0.562. The molecule has 0 fully saturated rings. The fourth-order valence-electron chi connectivity index (χ4n) is 4.58. The topological polar surface area (TPSA) is 38.1 Å². The molecule has 0 saturated carbocycles. The number of fused-ring (bicyclic) bond motifs is 2. The summed E-state index contributed by atoms with van der Waals surface area (Å²) >= 11 is 6.09. The Labute approximate surface area is 176 Å². The molecule has 5 rings (SSSR count). The number of rotatable bonds is 2. The smallest absolute Gasteiger partial charge is 0.278 e. The number of hydrogen-bond acceptors (Lipinski definition) is 2. The maximum atomic E-state index is 13.7. The number of amides is 1. The highest BCUT2D eigenvalue weighted by Crippen LogP contribution is 2.32. The largest absolute Gasteiger partial charge is 0.327 e. The number of benzene rings is 2. The Morgan fingerprint density at radius 3 is 2.59 bits per heavy atom. The van der Waals surface area contributed by atoms with Gasteiger partial charge in [-0.25, -0.2) is 4.98 Å². The van der Waals surface area contributed by atoms with E-state index in [-0.39, 0.29) is 5.91 Å². The number of aryl methyl sites for hydroxylation is 1. The van der Waals surface area contributed by atoms with Crippen molar-refractivity contribution in [2.75, 3.05) is 11.4 Å². The third kappa shape index (κ3) is 3.36. The molecule has 0 saturated heterocycles. The van der Waals surface area contributed by atoms with Gasteiger partial charge < -0.3 is 9.47 Å². The van der Waals surface area contributed by atoms with E-state index < -0.39 is 0 Å². The molecule has 0 bridgehead atoms. The van der Waals surface area contributed by atoms with Gasteiger partial charge in [0.05, 0.1) is 5.69 Å². The number of aromatic nitrogens is 2. The summed E-state index contributed by atoms with van der Waals surface area (Å²) in [5, 5.41) is 0.706. The SMILES string of the molecule is O=C(c1nc(-c2ccc(Cl)cc2)n2c1CCCCC2)N1CCCc2ccccc21. The molecule has 0 atom stereocenters. The lowest BCUT2D eigenvalue weighted by Crippen LogP contribution is -2.36. The average molecular weight is 406 g/mol. The summed E-state index contributed by atoms with van der Waals surface area (Å²) in [5.74, 6) is 0.912. The van der Waals surface area contributed by atoms with Crippen molar-refractivity contribution in [3.8, 4) is 11.4 Å². The molecular formula is C24H24ClN3O. The minimum absolute atomic E-state index is 0.0306. The number of halogens is 1. The van der Waals surface area contributed by atoms with Crippen LogP contribution in [0, 0.1) is 0 Å². The van der Waals surface area contributed by atoms with Crippen LogP contribution >= 0.6 is 11.6 Å². The highest BCUT2D eigenvalue weighted by Gasteiger charge is 2.30. The second kappa shape index (κ2) is 7.68. The van der Waals surface area contributed by atoms with Gasteiger partial charge in [0, 0.05) is 29.4 Å². The third-order valence-electron chi connectivity index (χ3n) is 6.03. The van der Waals surface area contributed by atoms with Gasteiger partial charge in [-0.05, 0) is 68.0 Å². The van der Waals surface area contributed by atoms with Crippen LogP contribution in [0.15, 0.2) is 48.5 Å². The molecule has 1 amide bonds. The lowest BCUT2D eigenvalue weighted by atomic mass is 10.0. The number of hydrogen-bond donors (Lipinski definition) is 0. The fraction of sp³-hybridized carbons (Fsp3) is 0.333. The Morgan fingerprint density at radius 1 is 0.897 bits per heavy atom. The fourth-order valence-corrected chi connectivity index (χ4v) is 4.71. The van der Waals surface area contributed by atoms with Crippen LogP contribution in [0.3, 0.4) is 0 Å². The monoisotopic (exact) mass is 405 g/mol. The van der Waals surface area contributed by atoms with E-state index in [1.54, 1.807) is 0 Å². The number of carbonyl (C=O) groups excluding carboxylic acids is 1. The van der Waals surface area contributed by atoms with Gasteiger partial charge in [-0.1, -0.05) is 36.2 Å². The molecule has 4 nitrogen and oxygen atoms in total. The molecular weight excluding hydrogens is 382 g/mol. The molecule has 0 N–H and O–H groups in total. The summed E-state index contributed by atoms with van der Waals surface area (Å²) in [6.07, 6.45) is 6.31. The number of nitrogens with zero attached hydrogens (tertiary/aromatic N) is 3. The molecule has 148 valence electrons. The van der Waals surface area contributed by atoms with E-state index in [4.69, 9.17) is 16.6 Å². The number of para-hydroxylation sites is 1. The molecule has 5 heteroatoms. The van der Waals surface area contributed by atoms with E-state index >= 15 is 0 Å². The first-order valence-electron chi connectivity index (χ1n) is 10.5. The number of imidazole rings is 1. The van der Waals surface area contributed by atoms with Crippen LogP contribution in [-0.4, -0.2) is 22.0 Å². The van der Waals surface area contributed by atoms with Gasteiger partial charge in [0.2, 0.25) is 0 Å². The molecule has 0 spiro atoms. The van der Waals surface area contributed by atoms with Gasteiger partial charge in [0.25, 0.3) is 5.91 Å². The summed E-state index contributed by atoms with van der Waals surface area (Å²) in [4.78, 5) is 20.5. The minimum atomic E-state index is 0.0306. The molecule has 3 heterocycles. The zero-order chi connectivity index (χ0) is 19.8. The zero-order valence-electron chi connectivity index (χ0n) is 16.4. The van der Waals surface area contributed by atoms with Crippen LogP contribution < -0.4 is 4.90 Å². The summed E-state index contributed by atoms with van der Waals surface area (Å²) in [6, 6.07) is 16.0. The number of carbonyl (C=O) groups is 1. The lowest BCUT2D eigenvalue weighted by Gasteiger charge is -2.29. The van der Waals surface area contributed by atoms with Gasteiger partial charge >= 0.3 is 0 Å². The minimum Gasteiger partial charge on any atom is -0.327 e. The Balaban J connectivity index is 1.60. The van der Waals surface area contributed by atoms with E-state index in [1.807, 2.05) is 41.3 Å². The van der Waals surface area contributed by atoms with Crippen molar-refractivity contribution < 1.29 is 4.79 Å². The summed E-state index contributed by atoms with van der Waals surface area (Å²) in [5.41, 5.74) is 4.99. The second-order valence-electron chi connectivity index (χ2n) is 7.89. The molecule has 2 aliphatic heterocycles. The first-order chi connectivity index (χ1) is 14.2. The van der Waals surface area contributed by atoms with E-state index in [9.17, 15) is 4.79 Å². The van der Waals surface area contributed by atoms with Crippen molar-refractivity contribution in [3.63, 3.8) is 0 Å². The maximum absolute atomic E-state index is 13.7.